The van der Waals surface area contributed by atoms with Gasteiger partial charge in [0.15, 0.2) is 0 Å². The summed E-state index contributed by atoms with van der Waals surface area (Å²) in [6, 6.07) is 0.306. The van der Waals surface area contributed by atoms with Crippen LogP contribution in [0.2, 0.25) is 0 Å². The molecule has 58 valence electrons. The van der Waals surface area contributed by atoms with Crippen molar-refractivity contribution < 1.29 is 9.53 Å². The second-order valence-corrected chi connectivity index (χ2v) is 3.02. The van der Waals surface area contributed by atoms with E-state index in [2.05, 4.69) is 21.2 Å². The molecule has 1 rings (SSSR count). The van der Waals surface area contributed by atoms with Gasteiger partial charge in [-0.15, -0.1) is 0 Å². The first-order valence-electron chi connectivity index (χ1n) is 3.33. The van der Waals surface area contributed by atoms with Crippen LogP contribution in [0, 0.1) is 0 Å². The van der Waals surface area contributed by atoms with Crippen molar-refractivity contribution in [1.29, 1.82) is 0 Å². The number of nitrogens with one attached hydrogen (secondary N) is 1. The van der Waals surface area contributed by atoms with E-state index in [0.717, 1.165) is 26.1 Å². The fraction of sp³-hybridized carbons (Fsp3) is 0.833. The average Bonchev–Trinajstić information content (AvgIpc) is 1.88. The van der Waals surface area contributed by atoms with Crippen molar-refractivity contribution in [3.8, 4) is 0 Å². The lowest BCUT2D eigenvalue weighted by molar-refractivity contribution is 0.0811. The van der Waals surface area contributed by atoms with E-state index in [1.54, 1.807) is 0 Å². The van der Waals surface area contributed by atoms with Crippen molar-refractivity contribution in [3.05, 3.63) is 0 Å². The normalized spacial score (nSPS) is 20.5. The van der Waals surface area contributed by atoms with Gasteiger partial charge in [0, 0.05) is 35.2 Å². The first-order chi connectivity index (χ1) is 4.79. The molecule has 0 aromatic heterocycles. The second-order valence-electron chi connectivity index (χ2n) is 2.30. The summed E-state index contributed by atoms with van der Waals surface area (Å²) in [6.07, 6.45) is 1.86. The Balaban J connectivity index is 2.19. The van der Waals surface area contributed by atoms with Crippen LogP contribution in [0.1, 0.15) is 12.8 Å². The van der Waals surface area contributed by atoms with Crippen molar-refractivity contribution >= 4 is 20.7 Å². The predicted molar refractivity (Wildman–Crippen MR) is 41.3 cm³/mol. The van der Waals surface area contributed by atoms with Gasteiger partial charge in [-0.1, -0.05) is 0 Å². The van der Waals surface area contributed by atoms with E-state index in [0.29, 0.717) is 6.04 Å². The van der Waals surface area contributed by atoms with Gasteiger partial charge in [-0.3, -0.25) is 4.79 Å². The van der Waals surface area contributed by atoms with Crippen molar-refractivity contribution in [2.45, 2.75) is 18.9 Å². The maximum Gasteiger partial charge on any atom is 0.287 e. The summed E-state index contributed by atoms with van der Waals surface area (Å²) >= 11 is 2.82. The lowest BCUT2D eigenvalue weighted by atomic mass is 10.1. The first kappa shape index (κ1) is 8.01. The van der Waals surface area contributed by atoms with E-state index in [4.69, 9.17) is 4.74 Å². The molecule has 3 nitrogen and oxygen atoms in total. The van der Waals surface area contributed by atoms with Crippen molar-refractivity contribution in [3.63, 3.8) is 0 Å². The number of carbonyl (C=O) groups excluding carboxylic acids is 1. The van der Waals surface area contributed by atoms with Crippen LogP contribution in [0.3, 0.4) is 0 Å². The molecule has 1 aliphatic rings. The van der Waals surface area contributed by atoms with E-state index in [1.807, 2.05) is 0 Å². The third-order valence-electron chi connectivity index (χ3n) is 1.54. The fourth-order valence-corrected chi connectivity index (χ4v) is 1.33. The average molecular weight is 208 g/mol. The Morgan fingerprint density at radius 2 is 2.10 bits per heavy atom. The van der Waals surface area contributed by atoms with Gasteiger partial charge in [0.1, 0.15) is 0 Å². The van der Waals surface area contributed by atoms with E-state index < -0.39 is 0 Å². The number of hydrogen-bond acceptors (Lipinski definition) is 2. The largest absolute Gasteiger partial charge is 0.381 e. The molecule has 0 atom stereocenters. The third-order valence-corrected chi connectivity index (χ3v) is 1.77. The smallest absolute Gasteiger partial charge is 0.287 e. The van der Waals surface area contributed by atoms with Crippen LogP contribution in [0.4, 0.5) is 4.79 Å². The van der Waals surface area contributed by atoms with Gasteiger partial charge in [-0.2, -0.15) is 0 Å². The molecule has 1 fully saturated rings. The number of rotatable bonds is 1. The van der Waals surface area contributed by atoms with Crippen LogP contribution in [0.15, 0.2) is 0 Å². The number of halogens is 1. The summed E-state index contributed by atoms with van der Waals surface area (Å²) in [6.45, 7) is 1.52. The second kappa shape index (κ2) is 3.93. The SMILES string of the molecule is O=C(Br)NC1CCOCC1. The van der Waals surface area contributed by atoms with Gasteiger partial charge in [0.25, 0.3) is 4.82 Å². The molecule has 0 aromatic carbocycles. The lowest BCUT2D eigenvalue weighted by Gasteiger charge is -2.21. The Morgan fingerprint density at radius 3 is 2.60 bits per heavy atom. The minimum absolute atomic E-state index is 0.126. The molecule has 4 heteroatoms. The third kappa shape index (κ3) is 2.66. The highest BCUT2D eigenvalue weighted by Gasteiger charge is 2.13. The van der Waals surface area contributed by atoms with Crippen LogP contribution in [0.25, 0.3) is 0 Å². The number of hydrogen-bond donors (Lipinski definition) is 1. The highest BCUT2D eigenvalue weighted by molar-refractivity contribution is 9.18. The highest BCUT2D eigenvalue weighted by atomic mass is 79.9. The molecule has 10 heavy (non-hydrogen) atoms. The number of carbonyl (C=O) groups is 1. The molecule has 1 aliphatic heterocycles. The summed E-state index contributed by atoms with van der Waals surface area (Å²) in [5.74, 6) is 0. The van der Waals surface area contributed by atoms with Crippen LogP contribution < -0.4 is 5.32 Å². The Hall–Kier alpha value is -0.0900. The van der Waals surface area contributed by atoms with E-state index in [-0.39, 0.29) is 4.82 Å². The van der Waals surface area contributed by atoms with Gasteiger partial charge >= 0.3 is 0 Å². The zero-order valence-corrected chi connectivity index (χ0v) is 7.19. The van der Waals surface area contributed by atoms with E-state index in [9.17, 15) is 4.79 Å². The maximum atomic E-state index is 10.5. The van der Waals surface area contributed by atoms with Crippen molar-refractivity contribution in [1.82, 2.24) is 5.32 Å². The fourth-order valence-electron chi connectivity index (χ4n) is 1.00. The molecule has 1 amide bonds. The molecule has 1 N–H and O–H groups in total. The number of amides is 1. The van der Waals surface area contributed by atoms with Crippen LogP contribution in [-0.2, 0) is 4.74 Å². The molecule has 0 radical (unpaired) electrons. The molecule has 0 aromatic rings. The molecule has 0 unspecified atom stereocenters. The number of ether oxygens (including phenoxy) is 1. The standard InChI is InChI=1S/C6H10BrNO2/c7-6(9)8-5-1-3-10-4-2-5/h5H,1-4H2,(H,8,9). The summed E-state index contributed by atoms with van der Waals surface area (Å²) in [4.78, 5) is 10.4. The Labute approximate surface area is 68.3 Å². The molecule has 0 saturated carbocycles. The summed E-state index contributed by atoms with van der Waals surface area (Å²) in [5, 5.41) is 2.78. The van der Waals surface area contributed by atoms with Gasteiger partial charge in [-0.25, -0.2) is 0 Å². The highest BCUT2D eigenvalue weighted by Crippen LogP contribution is 2.06. The minimum Gasteiger partial charge on any atom is -0.381 e. The zero-order valence-electron chi connectivity index (χ0n) is 5.60. The molecular weight excluding hydrogens is 198 g/mol. The Morgan fingerprint density at radius 1 is 1.50 bits per heavy atom. The summed E-state index contributed by atoms with van der Waals surface area (Å²) in [7, 11) is 0. The topological polar surface area (TPSA) is 38.3 Å². The minimum atomic E-state index is -0.126. The Kier molecular flexibility index (Phi) is 3.15. The molecule has 0 bridgehead atoms. The van der Waals surface area contributed by atoms with E-state index in [1.165, 1.54) is 0 Å². The van der Waals surface area contributed by atoms with Gasteiger partial charge in [-0.05, 0) is 12.8 Å². The monoisotopic (exact) mass is 207 g/mol. The van der Waals surface area contributed by atoms with Crippen LogP contribution >= 0.6 is 15.9 Å². The molecule has 0 aliphatic carbocycles. The molecule has 1 heterocycles. The molecule has 1 saturated heterocycles. The first-order valence-corrected chi connectivity index (χ1v) is 4.12. The summed E-state index contributed by atoms with van der Waals surface area (Å²) < 4.78 is 5.11. The van der Waals surface area contributed by atoms with E-state index >= 15 is 0 Å². The van der Waals surface area contributed by atoms with Gasteiger partial charge in [0.2, 0.25) is 0 Å². The summed E-state index contributed by atoms with van der Waals surface area (Å²) in [5.41, 5.74) is 0. The van der Waals surface area contributed by atoms with Crippen molar-refractivity contribution in [2.24, 2.45) is 0 Å². The zero-order chi connectivity index (χ0) is 7.40. The van der Waals surface area contributed by atoms with Crippen LogP contribution in [-0.4, -0.2) is 24.1 Å². The lowest BCUT2D eigenvalue weighted by Crippen LogP contribution is -2.35. The maximum absolute atomic E-state index is 10.5. The molecule has 0 spiro atoms. The van der Waals surface area contributed by atoms with Crippen molar-refractivity contribution in [2.75, 3.05) is 13.2 Å². The predicted octanol–water partition coefficient (Wildman–Crippen LogP) is 1.27. The quantitative estimate of drug-likeness (QED) is 0.520. The molecular formula is C6H10BrNO2. The van der Waals surface area contributed by atoms with Crippen LogP contribution in [0.5, 0.6) is 0 Å². The Bertz CT molecular complexity index is 123. The van der Waals surface area contributed by atoms with Gasteiger partial charge in [0.05, 0.1) is 0 Å². The van der Waals surface area contributed by atoms with Gasteiger partial charge < -0.3 is 10.1 Å².